The van der Waals surface area contributed by atoms with Crippen LogP contribution in [-0.2, 0) is 10.0 Å². The quantitative estimate of drug-likeness (QED) is 0.906. The van der Waals surface area contributed by atoms with Crippen molar-refractivity contribution in [2.24, 2.45) is 0 Å². The molecule has 1 aliphatic carbocycles. The Morgan fingerprint density at radius 3 is 2.53 bits per heavy atom. The first kappa shape index (κ1) is 11.6. The number of hydrogen-bond donors (Lipinski definition) is 1. The highest BCUT2D eigenvalue weighted by Gasteiger charge is 2.29. The fourth-order valence-corrected chi connectivity index (χ4v) is 3.97. The Labute approximate surface area is 106 Å². The number of hydrogen-bond acceptors (Lipinski definition) is 2. The van der Waals surface area contributed by atoms with Gasteiger partial charge >= 0.3 is 0 Å². The zero-order chi connectivity index (χ0) is 11.1. The summed E-state index contributed by atoms with van der Waals surface area (Å²) >= 11 is 6.49. The molecule has 82 valence electrons. The van der Waals surface area contributed by atoms with Gasteiger partial charge in [-0.25, -0.2) is 13.1 Å². The summed E-state index contributed by atoms with van der Waals surface area (Å²) in [4.78, 5) is 0.281. The van der Waals surface area contributed by atoms with Gasteiger partial charge in [-0.05, 0) is 47.0 Å². The number of benzene rings is 1. The molecule has 15 heavy (non-hydrogen) atoms. The summed E-state index contributed by atoms with van der Waals surface area (Å²) in [5.41, 5.74) is 0. The predicted octanol–water partition coefficient (Wildman–Crippen LogP) is 2.65. The van der Waals surface area contributed by atoms with Gasteiger partial charge in [0.25, 0.3) is 0 Å². The number of nitrogens with one attached hydrogen (secondary N) is 1. The Morgan fingerprint density at radius 1 is 1.27 bits per heavy atom. The highest BCUT2D eigenvalue weighted by Crippen LogP contribution is 2.28. The van der Waals surface area contributed by atoms with Crippen LogP contribution in [0.1, 0.15) is 12.8 Å². The molecular weight excluding hydrogens is 346 g/mol. The molecule has 2 rings (SSSR count). The Bertz CT molecular complexity index is 483. The van der Waals surface area contributed by atoms with E-state index in [4.69, 9.17) is 0 Å². The highest BCUT2D eigenvalue weighted by atomic mass is 79.9. The number of rotatable bonds is 3. The van der Waals surface area contributed by atoms with Crippen LogP contribution >= 0.6 is 31.9 Å². The molecule has 1 aromatic carbocycles. The van der Waals surface area contributed by atoms with Crippen LogP contribution in [0.25, 0.3) is 0 Å². The van der Waals surface area contributed by atoms with Gasteiger partial charge in [0.05, 0.1) is 4.90 Å². The Balaban J connectivity index is 2.38. The Hall–Kier alpha value is 0.0900. The molecule has 0 atom stereocenters. The maximum absolute atomic E-state index is 11.9. The summed E-state index contributed by atoms with van der Waals surface area (Å²) in [6.45, 7) is 0. The Morgan fingerprint density at radius 2 is 1.93 bits per heavy atom. The fraction of sp³-hybridized carbons (Fsp3) is 0.333. The van der Waals surface area contributed by atoms with Gasteiger partial charge in [-0.1, -0.05) is 15.9 Å². The third kappa shape index (κ3) is 2.81. The van der Waals surface area contributed by atoms with Crippen LogP contribution in [0.3, 0.4) is 0 Å². The standard InChI is InChI=1S/C9H9Br2NO2S/c10-6-1-4-8(11)9(5-6)15(13,14)12-7-2-3-7/h1,4-5,7,12H,2-3H2. The van der Waals surface area contributed by atoms with E-state index in [9.17, 15) is 8.42 Å². The number of halogens is 2. The van der Waals surface area contributed by atoms with Crippen molar-refractivity contribution in [3.8, 4) is 0 Å². The minimum Gasteiger partial charge on any atom is -0.208 e. The first-order valence-corrected chi connectivity index (χ1v) is 7.53. The third-order valence-electron chi connectivity index (χ3n) is 2.08. The van der Waals surface area contributed by atoms with Crippen molar-refractivity contribution < 1.29 is 8.42 Å². The van der Waals surface area contributed by atoms with Gasteiger partial charge in [-0.2, -0.15) is 0 Å². The summed E-state index contributed by atoms with van der Waals surface area (Å²) in [7, 11) is -3.38. The maximum atomic E-state index is 11.9. The molecule has 0 heterocycles. The van der Waals surface area contributed by atoms with E-state index in [1.807, 2.05) is 0 Å². The molecule has 6 heteroatoms. The molecule has 0 radical (unpaired) electrons. The van der Waals surface area contributed by atoms with Crippen molar-refractivity contribution >= 4 is 41.9 Å². The largest absolute Gasteiger partial charge is 0.241 e. The molecule has 0 bridgehead atoms. The molecule has 1 fully saturated rings. The maximum Gasteiger partial charge on any atom is 0.241 e. The van der Waals surface area contributed by atoms with Gasteiger partial charge in [-0.3, -0.25) is 0 Å². The van der Waals surface area contributed by atoms with Crippen LogP contribution in [0.4, 0.5) is 0 Å². The topological polar surface area (TPSA) is 46.2 Å². The van der Waals surface area contributed by atoms with Crippen LogP contribution in [0.2, 0.25) is 0 Å². The minimum absolute atomic E-state index is 0.126. The van der Waals surface area contributed by atoms with Crippen molar-refractivity contribution in [2.45, 2.75) is 23.8 Å². The Kier molecular flexibility index (Phi) is 3.21. The van der Waals surface area contributed by atoms with Crippen molar-refractivity contribution in [1.82, 2.24) is 4.72 Å². The lowest BCUT2D eigenvalue weighted by atomic mass is 10.4. The molecule has 0 aromatic heterocycles. The van der Waals surface area contributed by atoms with Crippen LogP contribution in [0, 0.1) is 0 Å². The second-order valence-electron chi connectivity index (χ2n) is 3.47. The van der Waals surface area contributed by atoms with Crippen LogP contribution in [0.5, 0.6) is 0 Å². The lowest BCUT2D eigenvalue weighted by molar-refractivity contribution is 0.580. The molecule has 1 saturated carbocycles. The second kappa shape index (κ2) is 4.16. The molecule has 0 saturated heterocycles. The summed E-state index contributed by atoms with van der Waals surface area (Å²) < 4.78 is 27.8. The number of sulfonamides is 1. The first-order chi connectivity index (χ1) is 6.99. The van der Waals surface area contributed by atoms with Gasteiger partial charge in [0, 0.05) is 15.0 Å². The van der Waals surface area contributed by atoms with E-state index >= 15 is 0 Å². The van der Waals surface area contributed by atoms with Gasteiger partial charge in [0.15, 0.2) is 0 Å². The van der Waals surface area contributed by atoms with Gasteiger partial charge in [0.2, 0.25) is 10.0 Å². The van der Waals surface area contributed by atoms with Gasteiger partial charge in [0.1, 0.15) is 0 Å². The van der Waals surface area contributed by atoms with Crippen LogP contribution in [-0.4, -0.2) is 14.5 Å². The fourth-order valence-electron chi connectivity index (χ4n) is 1.17. The summed E-state index contributed by atoms with van der Waals surface area (Å²) in [6, 6.07) is 5.22. The zero-order valence-electron chi connectivity index (χ0n) is 7.70. The second-order valence-corrected chi connectivity index (χ2v) is 6.92. The van der Waals surface area contributed by atoms with E-state index in [1.54, 1.807) is 18.2 Å². The first-order valence-electron chi connectivity index (χ1n) is 4.46. The average molecular weight is 355 g/mol. The molecule has 0 spiro atoms. The van der Waals surface area contributed by atoms with E-state index in [0.29, 0.717) is 4.47 Å². The predicted molar refractivity (Wildman–Crippen MR) is 65.2 cm³/mol. The molecule has 0 aliphatic heterocycles. The van der Waals surface area contributed by atoms with E-state index in [2.05, 4.69) is 36.6 Å². The molecular formula is C9H9Br2NO2S. The summed E-state index contributed by atoms with van der Waals surface area (Å²) in [5, 5.41) is 0. The highest BCUT2D eigenvalue weighted by molar-refractivity contribution is 9.11. The summed E-state index contributed by atoms with van der Waals surface area (Å²) in [6.07, 6.45) is 1.87. The van der Waals surface area contributed by atoms with E-state index < -0.39 is 10.0 Å². The lowest BCUT2D eigenvalue weighted by Gasteiger charge is -2.07. The van der Waals surface area contributed by atoms with E-state index in [1.165, 1.54) is 0 Å². The molecule has 0 amide bonds. The van der Waals surface area contributed by atoms with Crippen molar-refractivity contribution in [1.29, 1.82) is 0 Å². The normalized spacial score (nSPS) is 16.7. The van der Waals surface area contributed by atoms with Crippen molar-refractivity contribution in [2.75, 3.05) is 0 Å². The molecule has 1 N–H and O–H groups in total. The molecule has 0 unspecified atom stereocenters. The lowest BCUT2D eigenvalue weighted by Crippen LogP contribution is -2.26. The van der Waals surface area contributed by atoms with Crippen molar-refractivity contribution in [3.63, 3.8) is 0 Å². The van der Waals surface area contributed by atoms with Crippen LogP contribution < -0.4 is 4.72 Å². The van der Waals surface area contributed by atoms with Gasteiger partial charge < -0.3 is 0 Å². The minimum atomic E-state index is -3.38. The zero-order valence-corrected chi connectivity index (χ0v) is 11.7. The molecule has 1 aromatic rings. The SMILES string of the molecule is O=S(=O)(NC1CC1)c1cc(Br)ccc1Br. The van der Waals surface area contributed by atoms with Crippen molar-refractivity contribution in [3.05, 3.63) is 27.1 Å². The average Bonchev–Trinajstić information content (AvgIpc) is 2.92. The van der Waals surface area contributed by atoms with Gasteiger partial charge in [-0.15, -0.1) is 0 Å². The summed E-state index contributed by atoms with van der Waals surface area (Å²) in [5.74, 6) is 0. The van der Waals surface area contributed by atoms with Crippen LogP contribution in [0.15, 0.2) is 32.0 Å². The molecule has 3 nitrogen and oxygen atoms in total. The molecule has 1 aliphatic rings. The van der Waals surface area contributed by atoms with E-state index in [0.717, 1.165) is 17.3 Å². The third-order valence-corrected chi connectivity index (χ3v) is 5.09. The smallest absolute Gasteiger partial charge is 0.208 e. The monoisotopic (exact) mass is 353 g/mol. The van der Waals surface area contributed by atoms with E-state index in [-0.39, 0.29) is 10.9 Å².